The van der Waals surface area contributed by atoms with Gasteiger partial charge in [0.25, 0.3) is 0 Å². The van der Waals surface area contributed by atoms with Gasteiger partial charge < -0.3 is 10.6 Å². The van der Waals surface area contributed by atoms with Crippen molar-refractivity contribution in [1.29, 1.82) is 0 Å². The van der Waals surface area contributed by atoms with Crippen molar-refractivity contribution in [1.82, 2.24) is 19.9 Å². The predicted molar refractivity (Wildman–Crippen MR) is 81.9 cm³/mol. The standard InChI is InChI=1S/C14H18BrN5/c15-10-2-3-12-18-13(19-20(12)9-10)17-11-4-7-16-14(8-11)5-1-6-14/h2-3,9,11,16H,1,4-8H2,(H,17,19). The lowest BCUT2D eigenvalue weighted by Crippen LogP contribution is -2.58. The smallest absolute Gasteiger partial charge is 0.243 e. The van der Waals surface area contributed by atoms with Crippen molar-refractivity contribution in [3.8, 4) is 0 Å². The Labute approximate surface area is 126 Å². The average Bonchev–Trinajstić information content (AvgIpc) is 2.78. The molecular formula is C14H18BrN5. The Bertz CT molecular complexity index is 634. The molecule has 1 spiro atoms. The Morgan fingerprint density at radius 3 is 3.10 bits per heavy atom. The summed E-state index contributed by atoms with van der Waals surface area (Å²) in [5.74, 6) is 0.740. The maximum Gasteiger partial charge on any atom is 0.243 e. The molecule has 6 heteroatoms. The molecular weight excluding hydrogens is 318 g/mol. The zero-order valence-corrected chi connectivity index (χ0v) is 12.9. The first-order valence-electron chi connectivity index (χ1n) is 7.26. The SMILES string of the molecule is Brc1ccc2nc(NC3CCNC4(CCC4)C3)nn2c1. The molecule has 1 saturated heterocycles. The minimum Gasteiger partial charge on any atom is -0.350 e. The fraction of sp³-hybridized carbons (Fsp3) is 0.571. The maximum absolute atomic E-state index is 4.54. The molecule has 5 nitrogen and oxygen atoms in total. The summed E-state index contributed by atoms with van der Waals surface area (Å²) in [5, 5.41) is 11.7. The van der Waals surface area contributed by atoms with Gasteiger partial charge in [-0.2, -0.15) is 4.98 Å². The van der Waals surface area contributed by atoms with E-state index in [1.165, 1.54) is 25.7 Å². The van der Waals surface area contributed by atoms with Crippen LogP contribution in [0.4, 0.5) is 5.95 Å². The van der Waals surface area contributed by atoms with E-state index in [1.54, 1.807) is 0 Å². The summed E-state index contributed by atoms with van der Waals surface area (Å²) in [4.78, 5) is 4.54. The van der Waals surface area contributed by atoms with Crippen molar-refractivity contribution in [3.63, 3.8) is 0 Å². The molecule has 2 aromatic heterocycles. The number of hydrogen-bond acceptors (Lipinski definition) is 4. The Kier molecular flexibility index (Phi) is 2.96. The molecule has 3 heterocycles. The number of aromatic nitrogens is 3. The van der Waals surface area contributed by atoms with E-state index in [0.29, 0.717) is 11.6 Å². The van der Waals surface area contributed by atoms with E-state index in [-0.39, 0.29) is 0 Å². The van der Waals surface area contributed by atoms with Gasteiger partial charge in [0.1, 0.15) is 0 Å². The molecule has 1 atom stereocenters. The van der Waals surface area contributed by atoms with E-state index in [4.69, 9.17) is 0 Å². The van der Waals surface area contributed by atoms with Crippen molar-refractivity contribution in [2.24, 2.45) is 0 Å². The van der Waals surface area contributed by atoms with Gasteiger partial charge in [-0.05, 0) is 66.7 Å². The lowest BCUT2D eigenvalue weighted by molar-refractivity contribution is 0.135. The fourth-order valence-electron chi connectivity index (χ4n) is 3.37. The minimum atomic E-state index is 0.401. The Morgan fingerprint density at radius 2 is 2.30 bits per heavy atom. The van der Waals surface area contributed by atoms with Gasteiger partial charge >= 0.3 is 0 Å². The van der Waals surface area contributed by atoms with E-state index in [9.17, 15) is 0 Å². The highest BCUT2D eigenvalue weighted by Crippen LogP contribution is 2.38. The predicted octanol–water partition coefficient (Wildman–Crippen LogP) is 2.58. The molecule has 4 rings (SSSR count). The highest BCUT2D eigenvalue weighted by atomic mass is 79.9. The number of halogens is 1. The van der Waals surface area contributed by atoms with Crippen molar-refractivity contribution < 1.29 is 0 Å². The minimum absolute atomic E-state index is 0.401. The van der Waals surface area contributed by atoms with E-state index in [2.05, 4.69) is 36.6 Å². The van der Waals surface area contributed by atoms with Gasteiger partial charge in [-0.15, -0.1) is 5.10 Å². The Balaban J connectivity index is 1.52. The molecule has 2 N–H and O–H groups in total. The quantitative estimate of drug-likeness (QED) is 0.885. The van der Waals surface area contributed by atoms with Crippen molar-refractivity contribution >= 4 is 27.5 Å². The number of nitrogens with zero attached hydrogens (tertiary/aromatic N) is 3. The topological polar surface area (TPSA) is 54.2 Å². The van der Waals surface area contributed by atoms with Gasteiger partial charge in [-0.1, -0.05) is 0 Å². The molecule has 2 aliphatic rings. The maximum atomic E-state index is 4.54. The van der Waals surface area contributed by atoms with Crippen LogP contribution in [0.15, 0.2) is 22.8 Å². The molecule has 106 valence electrons. The van der Waals surface area contributed by atoms with Gasteiger partial charge in [-0.25, -0.2) is 4.52 Å². The molecule has 0 amide bonds. The largest absolute Gasteiger partial charge is 0.350 e. The molecule has 0 aromatic carbocycles. The number of nitrogens with one attached hydrogen (secondary N) is 2. The third kappa shape index (κ3) is 2.20. The molecule has 1 unspecified atom stereocenters. The molecule has 0 bridgehead atoms. The average molecular weight is 336 g/mol. The number of rotatable bonds is 2. The summed E-state index contributed by atoms with van der Waals surface area (Å²) in [7, 11) is 0. The summed E-state index contributed by atoms with van der Waals surface area (Å²) in [6, 6.07) is 4.44. The molecule has 2 fully saturated rings. The van der Waals surface area contributed by atoms with Gasteiger partial charge in [-0.3, -0.25) is 0 Å². The molecule has 2 aromatic rings. The number of pyridine rings is 1. The number of fused-ring (bicyclic) bond motifs is 1. The van der Waals surface area contributed by atoms with Crippen LogP contribution in [0.3, 0.4) is 0 Å². The van der Waals surface area contributed by atoms with Crippen LogP contribution in [0.25, 0.3) is 5.65 Å². The lowest BCUT2D eigenvalue weighted by atomic mass is 9.70. The first-order chi connectivity index (χ1) is 9.72. The van der Waals surface area contributed by atoms with Crippen molar-refractivity contribution in [3.05, 3.63) is 22.8 Å². The highest BCUT2D eigenvalue weighted by molar-refractivity contribution is 9.10. The summed E-state index contributed by atoms with van der Waals surface area (Å²) in [5.41, 5.74) is 1.28. The molecule has 1 aliphatic carbocycles. The van der Waals surface area contributed by atoms with Crippen LogP contribution in [-0.4, -0.2) is 32.7 Å². The van der Waals surface area contributed by atoms with Crippen LogP contribution < -0.4 is 10.6 Å². The van der Waals surface area contributed by atoms with Gasteiger partial charge in [0.2, 0.25) is 5.95 Å². The third-order valence-corrected chi connectivity index (χ3v) is 5.04. The summed E-state index contributed by atoms with van der Waals surface area (Å²) in [6.45, 7) is 1.09. The van der Waals surface area contributed by atoms with E-state index < -0.39 is 0 Å². The van der Waals surface area contributed by atoms with Crippen LogP contribution in [0, 0.1) is 0 Å². The normalized spacial score (nSPS) is 24.8. The van der Waals surface area contributed by atoms with Crippen LogP contribution in [0.2, 0.25) is 0 Å². The Hall–Kier alpha value is -1.14. The highest BCUT2D eigenvalue weighted by Gasteiger charge is 2.41. The Morgan fingerprint density at radius 1 is 1.40 bits per heavy atom. The second-order valence-electron chi connectivity index (χ2n) is 5.98. The van der Waals surface area contributed by atoms with Crippen LogP contribution >= 0.6 is 15.9 Å². The second kappa shape index (κ2) is 4.70. The van der Waals surface area contributed by atoms with E-state index in [0.717, 1.165) is 29.0 Å². The van der Waals surface area contributed by atoms with Gasteiger partial charge in [0.05, 0.1) is 0 Å². The van der Waals surface area contributed by atoms with Crippen LogP contribution in [0.1, 0.15) is 32.1 Å². The van der Waals surface area contributed by atoms with Crippen molar-refractivity contribution in [2.75, 3.05) is 11.9 Å². The lowest BCUT2D eigenvalue weighted by Gasteiger charge is -2.48. The number of hydrogen-bond donors (Lipinski definition) is 2. The van der Waals surface area contributed by atoms with E-state index in [1.807, 2.05) is 22.8 Å². The third-order valence-electron chi connectivity index (χ3n) is 4.57. The second-order valence-corrected chi connectivity index (χ2v) is 6.90. The first kappa shape index (κ1) is 12.6. The number of piperidine rings is 1. The summed E-state index contributed by atoms with van der Waals surface area (Å²) >= 11 is 3.45. The molecule has 1 saturated carbocycles. The zero-order chi connectivity index (χ0) is 13.6. The molecule has 0 radical (unpaired) electrons. The van der Waals surface area contributed by atoms with Crippen molar-refractivity contribution in [2.45, 2.75) is 43.7 Å². The zero-order valence-electron chi connectivity index (χ0n) is 11.3. The first-order valence-corrected chi connectivity index (χ1v) is 8.05. The fourth-order valence-corrected chi connectivity index (χ4v) is 3.69. The molecule has 1 aliphatic heterocycles. The summed E-state index contributed by atoms with van der Waals surface area (Å²) in [6.07, 6.45) is 8.25. The molecule has 20 heavy (non-hydrogen) atoms. The van der Waals surface area contributed by atoms with E-state index >= 15 is 0 Å². The van der Waals surface area contributed by atoms with Crippen LogP contribution in [-0.2, 0) is 0 Å². The number of anilines is 1. The van der Waals surface area contributed by atoms with Gasteiger partial charge in [0, 0.05) is 22.3 Å². The van der Waals surface area contributed by atoms with Gasteiger partial charge in [0.15, 0.2) is 5.65 Å². The monoisotopic (exact) mass is 335 g/mol. The summed E-state index contributed by atoms with van der Waals surface area (Å²) < 4.78 is 2.82. The van der Waals surface area contributed by atoms with Crippen LogP contribution in [0.5, 0.6) is 0 Å².